The second-order valence-corrected chi connectivity index (χ2v) is 2.71. The minimum atomic E-state index is 0.319. The van der Waals surface area contributed by atoms with Gasteiger partial charge in [-0.2, -0.15) is 0 Å². The van der Waals surface area contributed by atoms with Crippen molar-refractivity contribution in [3.05, 3.63) is 29.8 Å². The molecule has 13 heavy (non-hydrogen) atoms. The molecule has 0 amide bonds. The molecule has 2 N–H and O–H groups in total. The predicted molar refractivity (Wildman–Crippen MR) is 54.9 cm³/mol. The summed E-state index contributed by atoms with van der Waals surface area (Å²) in [5.41, 5.74) is 1.01. The number of aliphatic hydroxyl groups excluding tert-OH is 1. The smallest absolute Gasteiger partial charge is 0.118 e. The van der Waals surface area contributed by atoms with Crippen molar-refractivity contribution in [2.24, 2.45) is 0 Å². The van der Waals surface area contributed by atoms with Crippen LogP contribution in [-0.2, 0) is 6.42 Å². The number of phenols is 1. The Labute approximate surface area is 79.9 Å². The minimum absolute atomic E-state index is 0.319. The third-order valence-electron chi connectivity index (χ3n) is 1.60. The van der Waals surface area contributed by atoms with Crippen LogP contribution in [0.15, 0.2) is 24.3 Å². The lowest BCUT2D eigenvalue weighted by Crippen LogP contribution is -1.77. The molecule has 0 heterocycles. The van der Waals surface area contributed by atoms with Gasteiger partial charge >= 0.3 is 0 Å². The lowest BCUT2D eigenvalue weighted by atomic mass is 10.1. The summed E-state index contributed by atoms with van der Waals surface area (Å²) < 4.78 is 0. The summed E-state index contributed by atoms with van der Waals surface area (Å²) in [6.07, 6.45) is 1.77. The van der Waals surface area contributed by atoms with E-state index in [1.165, 1.54) is 0 Å². The van der Waals surface area contributed by atoms with Crippen LogP contribution in [0.3, 0.4) is 0 Å². The topological polar surface area (TPSA) is 40.5 Å². The van der Waals surface area contributed by atoms with E-state index in [0.29, 0.717) is 12.4 Å². The van der Waals surface area contributed by atoms with Crippen LogP contribution < -0.4 is 0 Å². The van der Waals surface area contributed by atoms with Crippen LogP contribution in [0.1, 0.15) is 25.8 Å². The van der Waals surface area contributed by atoms with Crippen molar-refractivity contribution in [3.8, 4) is 5.75 Å². The maximum atomic E-state index is 9.11. The van der Waals surface area contributed by atoms with E-state index < -0.39 is 0 Å². The number of para-hydroxylation sites is 1. The molecule has 0 aliphatic carbocycles. The molecule has 2 nitrogen and oxygen atoms in total. The molecule has 1 aromatic carbocycles. The van der Waals surface area contributed by atoms with Crippen molar-refractivity contribution in [3.63, 3.8) is 0 Å². The zero-order valence-electron chi connectivity index (χ0n) is 8.33. The normalized spacial score (nSPS) is 8.85. The van der Waals surface area contributed by atoms with E-state index in [1.54, 1.807) is 6.07 Å². The van der Waals surface area contributed by atoms with E-state index in [4.69, 9.17) is 10.2 Å². The fourth-order valence-electron chi connectivity index (χ4n) is 0.810. The summed E-state index contributed by atoms with van der Waals surface area (Å²) in [4.78, 5) is 0. The molecule has 0 atom stereocenters. The molecule has 0 aliphatic rings. The number of benzene rings is 1. The van der Waals surface area contributed by atoms with Crippen LogP contribution in [-0.4, -0.2) is 16.8 Å². The van der Waals surface area contributed by atoms with Gasteiger partial charge in [0.1, 0.15) is 5.75 Å². The van der Waals surface area contributed by atoms with Crippen molar-refractivity contribution in [1.82, 2.24) is 0 Å². The molecule has 2 heteroatoms. The Morgan fingerprint density at radius 2 is 1.69 bits per heavy atom. The standard InChI is InChI=1S/C8H10O.C3H8O/c1-2-7-5-3-4-6-8(7)9;1-2-3-4/h3-6,9H,2H2,1H3;4H,2-3H2,1H3. The van der Waals surface area contributed by atoms with Crippen LogP contribution in [0.25, 0.3) is 0 Å². The van der Waals surface area contributed by atoms with E-state index in [2.05, 4.69) is 0 Å². The van der Waals surface area contributed by atoms with Gasteiger partial charge in [-0.05, 0) is 24.5 Å². The first kappa shape index (κ1) is 12.0. The largest absolute Gasteiger partial charge is 0.508 e. The first-order chi connectivity index (χ1) is 6.26. The Morgan fingerprint density at radius 1 is 1.15 bits per heavy atom. The highest BCUT2D eigenvalue weighted by Crippen LogP contribution is 2.14. The van der Waals surface area contributed by atoms with E-state index in [-0.39, 0.29) is 0 Å². The summed E-state index contributed by atoms with van der Waals surface area (Å²) in [6.45, 7) is 4.27. The molecular formula is C11H18O2. The number of phenolic OH excluding ortho intramolecular Hbond substituents is 1. The van der Waals surface area contributed by atoms with Crippen molar-refractivity contribution in [1.29, 1.82) is 0 Å². The predicted octanol–water partition coefficient (Wildman–Crippen LogP) is 2.34. The SMILES string of the molecule is CCCO.CCc1ccccc1O. The number of hydrogen-bond donors (Lipinski definition) is 2. The Balaban J connectivity index is 0.000000310. The molecule has 0 unspecified atom stereocenters. The molecule has 0 saturated heterocycles. The highest BCUT2D eigenvalue weighted by atomic mass is 16.3. The van der Waals surface area contributed by atoms with Gasteiger partial charge in [0, 0.05) is 6.61 Å². The summed E-state index contributed by atoms with van der Waals surface area (Å²) >= 11 is 0. The Bertz CT molecular complexity index is 219. The van der Waals surface area contributed by atoms with Gasteiger partial charge in [0.15, 0.2) is 0 Å². The van der Waals surface area contributed by atoms with E-state index >= 15 is 0 Å². The third kappa shape index (κ3) is 5.26. The molecule has 0 fully saturated rings. The average Bonchev–Trinajstić information content (AvgIpc) is 2.19. The van der Waals surface area contributed by atoms with Crippen molar-refractivity contribution in [2.75, 3.05) is 6.61 Å². The van der Waals surface area contributed by atoms with Crippen molar-refractivity contribution in [2.45, 2.75) is 26.7 Å². The van der Waals surface area contributed by atoms with Crippen LogP contribution in [0.2, 0.25) is 0 Å². The summed E-state index contributed by atoms with van der Waals surface area (Å²) in [7, 11) is 0. The molecule has 74 valence electrons. The number of aryl methyl sites for hydroxylation is 1. The maximum absolute atomic E-state index is 9.11. The third-order valence-corrected chi connectivity index (χ3v) is 1.60. The van der Waals surface area contributed by atoms with E-state index in [9.17, 15) is 0 Å². The van der Waals surface area contributed by atoms with Gasteiger partial charge < -0.3 is 10.2 Å². The van der Waals surface area contributed by atoms with Crippen LogP contribution in [0, 0.1) is 0 Å². The number of aliphatic hydroxyl groups is 1. The Morgan fingerprint density at radius 3 is 2.00 bits per heavy atom. The van der Waals surface area contributed by atoms with E-state index in [0.717, 1.165) is 18.4 Å². The zero-order valence-corrected chi connectivity index (χ0v) is 8.33. The van der Waals surface area contributed by atoms with Gasteiger partial charge in [-0.1, -0.05) is 32.0 Å². The number of aromatic hydroxyl groups is 1. The summed E-state index contributed by atoms with van der Waals surface area (Å²) in [5.74, 6) is 0.403. The Kier molecular flexibility index (Phi) is 7.02. The maximum Gasteiger partial charge on any atom is 0.118 e. The van der Waals surface area contributed by atoms with Crippen LogP contribution in [0.4, 0.5) is 0 Å². The van der Waals surface area contributed by atoms with Gasteiger partial charge in [-0.15, -0.1) is 0 Å². The first-order valence-electron chi connectivity index (χ1n) is 4.63. The quantitative estimate of drug-likeness (QED) is 0.737. The average molecular weight is 182 g/mol. The lowest BCUT2D eigenvalue weighted by Gasteiger charge is -1.97. The van der Waals surface area contributed by atoms with Gasteiger partial charge in [0.2, 0.25) is 0 Å². The number of hydrogen-bond acceptors (Lipinski definition) is 2. The highest BCUT2D eigenvalue weighted by Gasteiger charge is 1.92. The number of rotatable bonds is 2. The second kappa shape index (κ2) is 7.62. The fraction of sp³-hybridized carbons (Fsp3) is 0.455. The minimum Gasteiger partial charge on any atom is -0.508 e. The zero-order chi connectivity index (χ0) is 10.1. The lowest BCUT2D eigenvalue weighted by molar-refractivity contribution is 0.295. The first-order valence-corrected chi connectivity index (χ1v) is 4.63. The van der Waals surface area contributed by atoms with Gasteiger partial charge in [0.05, 0.1) is 0 Å². The van der Waals surface area contributed by atoms with Crippen LogP contribution >= 0.6 is 0 Å². The van der Waals surface area contributed by atoms with Gasteiger partial charge in [-0.3, -0.25) is 0 Å². The molecule has 1 aromatic rings. The Hall–Kier alpha value is -1.02. The molecule has 0 radical (unpaired) electrons. The van der Waals surface area contributed by atoms with E-state index in [1.807, 2.05) is 32.0 Å². The summed E-state index contributed by atoms with van der Waals surface area (Å²) in [6, 6.07) is 7.39. The highest BCUT2D eigenvalue weighted by molar-refractivity contribution is 5.31. The fourth-order valence-corrected chi connectivity index (χ4v) is 0.810. The molecule has 0 aromatic heterocycles. The van der Waals surface area contributed by atoms with Gasteiger partial charge in [-0.25, -0.2) is 0 Å². The molecule has 0 spiro atoms. The second-order valence-electron chi connectivity index (χ2n) is 2.71. The van der Waals surface area contributed by atoms with Gasteiger partial charge in [0.25, 0.3) is 0 Å². The molecular weight excluding hydrogens is 164 g/mol. The monoisotopic (exact) mass is 182 g/mol. The molecule has 0 saturated carbocycles. The summed E-state index contributed by atoms with van der Waals surface area (Å²) in [5, 5.41) is 17.0. The van der Waals surface area contributed by atoms with Crippen molar-refractivity contribution < 1.29 is 10.2 Å². The molecule has 0 bridgehead atoms. The van der Waals surface area contributed by atoms with Crippen molar-refractivity contribution >= 4 is 0 Å². The molecule has 1 rings (SSSR count). The molecule has 0 aliphatic heterocycles. The van der Waals surface area contributed by atoms with Crippen LogP contribution in [0.5, 0.6) is 5.75 Å².